The SMILES string of the molecule is O=C(O)C[C@@H]1CCc2cc(OCCC3=NC(c4ccc(Cl)cc4)OC3(CCc3ccccc3)c3ccccc3)ccc21. The molecule has 0 amide bonds. The molecule has 2 aliphatic rings. The fraction of sp³-hybridized carbons (Fsp3) is 0.278. The Labute approximate surface area is 251 Å². The van der Waals surface area contributed by atoms with Gasteiger partial charge in [-0.3, -0.25) is 9.79 Å². The Morgan fingerprint density at radius 2 is 1.69 bits per heavy atom. The van der Waals surface area contributed by atoms with Gasteiger partial charge in [0.15, 0.2) is 6.23 Å². The first-order chi connectivity index (χ1) is 20.5. The van der Waals surface area contributed by atoms with Gasteiger partial charge in [-0.2, -0.15) is 0 Å². The summed E-state index contributed by atoms with van der Waals surface area (Å²) in [5, 5.41) is 9.93. The molecule has 214 valence electrons. The number of rotatable bonds is 11. The second-order valence-corrected chi connectivity index (χ2v) is 11.5. The maximum atomic E-state index is 11.3. The smallest absolute Gasteiger partial charge is 0.303 e. The molecule has 0 spiro atoms. The Morgan fingerprint density at radius 1 is 0.952 bits per heavy atom. The summed E-state index contributed by atoms with van der Waals surface area (Å²) in [5.74, 6) is 0.129. The lowest BCUT2D eigenvalue weighted by molar-refractivity contribution is -0.137. The van der Waals surface area contributed by atoms with Gasteiger partial charge < -0.3 is 14.6 Å². The molecule has 1 heterocycles. The highest BCUT2D eigenvalue weighted by Crippen LogP contribution is 2.45. The standard InChI is InChI=1S/C36H34ClNO4/c37-30-15-13-26(14-16-30)35-38-33(20-22-41-31-17-18-32-27(23-31)11-12-28(32)24-34(39)40)36(42-35,29-9-5-2-6-10-29)21-19-25-7-3-1-4-8-25/h1-10,13-18,23,28,35H,11-12,19-22,24H2,(H,39,40)/t28-,35?,36?/m0/s1. The van der Waals surface area contributed by atoms with Crippen molar-refractivity contribution in [1.29, 1.82) is 0 Å². The average Bonchev–Trinajstić information content (AvgIpc) is 3.59. The second kappa shape index (κ2) is 12.5. The summed E-state index contributed by atoms with van der Waals surface area (Å²) in [6, 6.07) is 34.6. The monoisotopic (exact) mass is 579 g/mol. The van der Waals surface area contributed by atoms with E-state index in [9.17, 15) is 9.90 Å². The number of halogens is 1. The second-order valence-electron chi connectivity index (χ2n) is 11.1. The Morgan fingerprint density at radius 3 is 2.43 bits per heavy atom. The zero-order chi connectivity index (χ0) is 28.9. The van der Waals surface area contributed by atoms with Crippen molar-refractivity contribution < 1.29 is 19.4 Å². The van der Waals surface area contributed by atoms with Crippen molar-refractivity contribution in [3.8, 4) is 5.75 Å². The van der Waals surface area contributed by atoms with Gasteiger partial charge in [0.1, 0.15) is 11.4 Å². The Bertz CT molecular complexity index is 1550. The minimum Gasteiger partial charge on any atom is -0.493 e. The van der Waals surface area contributed by atoms with Crippen LogP contribution < -0.4 is 4.74 Å². The van der Waals surface area contributed by atoms with E-state index in [0.29, 0.717) is 18.1 Å². The third-order valence-corrected chi connectivity index (χ3v) is 8.65. The summed E-state index contributed by atoms with van der Waals surface area (Å²) in [5.41, 5.74) is 5.88. The summed E-state index contributed by atoms with van der Waals surface area (Å²) in [6.07, 6.45) is 3.66. The molecule has 4 aromatic carbocycles. The predicted molar refractivity (Wildman–Crippen MR) is 165 cm³/mol. The molecule has 4 aromatic rings. The van der Waals surface area contributed by atoms with Gasteiger partial charge in [0, 0.05) is 17.0 Å². The molecule has 1 aliphatic heterocycles. The number of nitrogens with zero attached hydrogens (tertiary/aromatic N) is 1. The molecule has 0 saturated heterocycles. The lowest BCUT2D eigenvalue weighted by Crippen LogP contribution is -2.36. The fourth-order valence-electron chi connectivity index (χ4n) is 6.28. The van der Waals surface area contributed by atoms with Crippen molar-refractivity contribution in [3.05, 3.63) is 136 Å². The Kier molecular flexibility index (Phi) is 8.41. The molecule has 0 bridgehead atoms. The predicted octanol–water partition coefficient (Wildman–Crippen LogP) is 8.31. The normalized spacial score (nSPS) is 21.1. The summed E-state index contributed by atoms with van der Waals surface area (Å²) in [6.45, 7) is 0.451. The highest BCUT2D eigenvalue weighted by Gasteiger charge is 2.45. The van der Waals surface area contributed by atoms with E-state index in [2.05, 4.69) is 54.6 Å². The summed E-state index contributed by atoms with van der Waals surface area (Å²) < 4.78 is 13.2. The van der Waals surface area contributed by atoms with Crippen LogP contribution >= 0.6 is 11.6 Å². The summed E-state index contributed by atoms with van der Waals surface area (Å²) >= 11 is 6.19. The maximum absolute atomic E-state index is 11.3. The van der Waals surface area contributed by atoms with Crippen LogP contribution in [0.4, 0.5) is 0 Å². The van der Waals surface area contributed by atoms with Crippen LogP contribution in [0.15, 0.2) is 108 Å². The lowest BCUT2D eigenvalue weighted by Gasteiger charge is -2.32. The third kappa shape index (κ3) is 6.13. The topological polar surface area (TPSA) is 68.1 Å². The molecule has 0 fully saturated rings. The summed E-state index contributed by atoms with van der Waals surface area (Å²) in [4.78, 5) is 16.4. The van der Waals surface area contributed by atoms with Crippen molar-refractivity contribution >= 4 is 23.3 Å². The molecular formula is C36H34ClNO4. The van der Waals surface area contributed by atoms with Crippen molar-refractivity contribution in [2.24, 2.45) is 4.99 Å². The molecule has 1 N–H and O–H groups in total. The molecule has 0 saturated carbocycles. The van der Waals surface area contributed by atoms with Crippen LogP contribution in [0.3, 0.4) is 0 Å². The van der Waals surface area contributed by atoms with Crippen LogP contribution in [0.1, 0.15) is 65.6 Å². The highest BCUT2D eigenvalue weighted by molar-refractivity contribution is 6.30. The van der Waals surface area contributed by atoms with Crippen LogP contribution in [0.2, 0.25) is 5.02 Å². The molecule has 6 rings (SSSR count). The number of carbonyl (C=O) groups is 1. The van der Waals surface area contributed by atoms with E-state index in [1.165, 1.54) is 11.1 Å². The zero-order valence-electron chi connectivity index (χ0n) is 23.4. The number of aliphatic imine (C=N–C) groups is 1. The largest absolute Gasteiger partial charge is 0.493 e. The Hall–Kier alpha value is -3.93. The van der Waals surface area contributed by atoms with Crippen LogP contribution in [0.5, 0.6) is 5.75 Å². The molecule has 42 heavy (non-hydrogen) atoms. The number of carboxylic acid groups (broad SMARTS) is 1. The van der Waals surface area contributed by atoms with Crippen molar-refractivity contribution in [2.75, 3.05) is 6.61 Å². The van der Waals surface area contributed by atoms with Gasteiger partial charge in [0.2, 0.25) is 0 Å². The number of aliphatic carboxylic acids is 1. The van der Waals surface area contributed by atoms with Gasteiger partial charge in [0.05, 0.1) is 18.7 Å². The van der Waals surface area contributed by atoms with Crippen molar-refractivity contribution in [2.45, 2.75) is 56.3 Å². The van der Waals surface area contributed by atoms with Gasteiger partial charge in [-0.05, 0) is 78.1 Å². The number of ether oxygens (including phenoxy) is 2. The van der Waals surface area contributed by atoms with E-state index < -0.39 is 17.8 Å². The molecule has 3 atom stereocenters. The van der Waals surface area contributed by atoms with Gasteiger partial charge >= 0.3 is 5.97 Å². The quantitative estimate of drug-likeness (QED) is 0.194. The number of benzene rings is 4. The molecular weight excluding hydrogens is 546 g/mol. The van der Waals surface area contributed by atoms with Gasteiger partial charge in [-0.1, -0.05) is 90.5 Å². The Balaban J connectivity index is 1.26. The van der Waals surface area contributed by atoms with Crippen molar-refractivity contribution in [3.63, 3.8) is 0 Å². The van der Waals surface area contributed by atoms with E-state index in [0.717, 1.165) is 53.8 Å². The molecule has 0 aromatic heterocycles. The molecule has 2 unspecified atom stereocenters. The van der Waals surface area contributed by atoms with Gasteiger partial charge in [-0.25, -0.2) is 0 Å². The first-order valence-corrected chi connectivity index (χ1v) is 15.0. The molecule has 1 aliphatic carbocycles. The van der Waals surface area contributed by atoms with E-state index >= 15 is 0 Å². The average molecular weight is 580 g/mol. The summed E-state index contributed by atoms with van der Waals surface area (Å²) in [7, 11) is 0. The van der Waals surface area contributed by atoms with E-state index in [-0.39, 0.29) is 12.3 Å². The molecule has 5 nitrogen and oxygen atoms in total. The third-order valence-electron chi connectivity index (χ3n) is 8.40. The zero-order valence-corrected chi connectivity index (χ0v) is 24.2. The maximum Gasteiger partial charge on any atom is 0.303 e. The number of hydrogen-bond acceptors (Lipinski definition) is 4. The minimum atomic E-state index is -0.751. The van der Waals surface area contributed by atoms with E-state index in [1.54, 1.807) is 0 Å². The van der Waals surface area contributed by atoms with Crippen LogP contribution in [0, 0.1) is 0 Å². The number of carboxylic acids is 1. The molecule has 0 radical (unpaired) electrons. The van der Waals surface area contributed by atoms with Gasteiger partial charge in [-0.15, -0.1) is 0 Å². The minimum absolute atomic E-state index is 0.0810. The van der Waals surface area contributed by atoms with E-state index in [4.69, 9.17) is 26.1 Å². The van der Waals surface area contributed by atoms with E-state index in [1.807, 2.05) is 48.5 Å². The first kappa shape index (κ1) is 28.2. The van der Waals surface area contributed by atoms with Gasteiger partial charge in [0.25, 0.3) is 0 Å². The highest BCUT2D eigenvalue weighted by atomic mass is 35.5. The fourth-order valence-corrected chi connectivity index (χ4v) is 6.41. The van der Waals surface area contributed by atoms with Crippen molar-refractivity contribution in [1.82, 2.24) is 0 Å². The number of fused-ring (bicyclic) bond motifs is 1. The number of aryl methyl sites for hydroxylation is 2. The number of hydrogen-bond donors (Lipinski definition) is 1. The van der Waals surface area contributed by atoms with Crippen LogP contribution in [0.25, 0.3) is 0 Å². The first-order valence-electron chi connectivity index (χ1n) is 14.6. The molecule has 6 heteroatoms. The van der Waals surface area contributed by atoms with Crippen LogP contribution in [-0.4, -0.2) is 23.4 Å². The lowest BCUT2D eigenvalue weighted by atomic mass is 9.82. The van der Waals surface area contributed by atoms with Crippen LogP contribution in [-0.2, 0) is 28.0 Å².